The average molecular weight is 628 g/mol. The van der Waals surface area contributed by atoms with Gasteiger partial charge in [-0.05, 0) is 98.8 Å². The van der Waals surface area contributed by atoms with Crippen molar-refractivity contribution in [2.75, 3.05) is 0 Å². The van der Waals surface area contributed by atoms with Crippen molar-refractivity contribution in [3.63, 3.8) is 0 Å². The van der Waals surface area contributed by atoms with Crippen molar-refractivity contribution in [3.8, 4) is 39.1 Å². The lowest BCUT2D eigenvalue weighted by atomic mass is 9.93. The normalized spacial score (nSPS) is 11.8. The van der Waals surface area contributed by atoms with Gasteiger partial charge in [0.1, 0.15) is 0 Å². The van der Waals surface area contributed by atoms with Gasteiger partial charge in [-0.25, -0.2) is 0 Å². The van der Waals surface area contributed by atoms with Gasteiger partial charge in [0.05, 0.1) is 11.0 Å². The second-order valence-corrected chi connectivity index (χ2v) is 13.6. The van der Waals surface area contributed by atoms with Crippen LogP contribution in [-0.4, -0.2) is 4.57 Å². The highest BCUT2D eigenvalue weighted by molar-refractivity contribution is 7.26. The van der Waals surface area contributed by atoms with Crippen LogP contribution >= 0.6 is 11.3 Å². The van der Waals surface area contributed by atoms with Gasteiger partial charge in [0.25, 0.3) is 0 Å². The number of rotatable bonds is 4. The van der Waals surface area contributed by atoms with Crippen LogP contribution in [0.1, 0.15) is 0 Å². The minimum atomic E-state index is 1.17. The van der Waals surface area contributed by atoms with Gasteiger partial charge in [0, 0.05) is 36.6 Å². The fraction of sp³-hybridized carbons (Fsp3) is 0. The van der Waals surface area contributed by atoms with Gasteiger partial charge >= 0.3 is 0 Å². The van der Waals surface area contributed by atoms with Gasteiger partial charge in [-0.3, -0.25) is 0 Å². The Morgan fingerprint density at radius 2 is 0.917 bits per heavy atom. The summed E-state index contributed by atoms with van der Waals surface area (Å²) in [5.41, 5.74) is 11.0. The summed E-state index contributed by atoms with van der Waals surface area (Å²) in [5, 5.41) is 7.80. The van der Waals surface area contributed by atoms with Crippen LogP contribution in [0.15, 0.2) is 176 Å². The monoisotopic (exact) mass is 627 g/mol. The molecule has 0 spiro atoms. The van der Waals surface area contributed by atoms with Crippen LogP contribution in [0.3, 0.4) is 0 Å². The van der Waals surface area contributed by atoms with E-state index in [0.29, 0.717) is 0 Å². The lowest BCUT2D eigenvalue weighted by Crippen LogP contribution is -1.94. The number of para-hydroxylation sites is 1. The third kappa shape index (κ3) is 4.31. The van der Waals surface area contributed by atoms with Crippen LogP contribution in [0.25, 0.3) is 91.8 Å². The van der Waals surface area contributed by atoms with Crippen LogP contribution in [0.5, 0.6) is 0 Å². The maximum absolute atomic E-state index is 2.48. The Balaban J connectivity index is 1.18. The predicted octanol–water partition coefficient (Wildman–Crippen LogP) is 13.3. The minimum Gasteiger partial charge on any atom is -0.309 e. The van der Waals surface area contributed by atoms with Crippen molar-refractivity contribution < 1.29 is 0 Å². The number of aromatic nitrogens is 1. The standard InChI is InChI=1S/C46H29NS/c1-3-11-30(12-4-1)35-25-36(31-13-5-2-6-14-31)27-37(26-35)32-19-21-38(22-20-32)47-42-18-10-9-17-39(42)40-23-24-43-45(46(40)47)41-28-33-15-7-8-16-34(33)29-44(41)48-43/h1-29H. The Labute approximate surface area is 282 Å². The molecule has 2 aromatic heterocycles. The molecule has 0 radical (unpaired) electrons. The Bertz CT molecular complexity index is 2750. The molecule has 2 heterocycles. The molecule has 48 heavy (non-hydrogen) atoms. The summed E-state index contributed by atoms with van der Waals surface area (Å²) in [7, 11) is 0. The summed E-state index contributed by atoms with van der Waals surface area (Å²) in [6.07, 6.45) is 0. The summed E-state index contributed by atoms with van der Waals surface area (Å²) in [4.78, 5) is 0. The smallest absolute Gasteiger partial charge is 0.0634 e. The predicted molar refractivity (Wildman–Crippen MR) is 207 cm³/mol. The molecule has 8 aromatic carbocycles. The fourth-order valence-electron chi connectivity index (χ4n) is 7.46. The molecule has 1 nitrogen and oxygen atoms in total. The van der Waals surface area contributed by atoms with Crippen molar-refractivity contribution in [3.05, 3.63) is 176 Å². The summed E-state index contributed by atoms with van der Waals surface area (Å²) in [6, 6.07) is 64.4. The van der Waals surface area contributed by atoms with Crippen molar-refractivity contribution >= 4 is 64.1 Å². The van der Waals surface area contributed by atoms with Crippen molar-refractivity contribution in [1.29, 1.82) is 0 Å². The number of nitrogens with zero attached hydrogens (tertiary/aromatic N) is 1. The Morgan fingerprint density at radius 3 is 1.58 bits per heavy atom. The molecule has 2 heteroatoms. The zero-order valence-electron chi connectivity index (χ0n) is 26.1. The Hall–Kier alpha value is -5.96. The van der Waals surface area contributed by atoms with Crippen LogP contribution in [0, 0.1) is 0 Å². The van der Waals surface area contributed by atoms with E-state index in [4.69, 9.17) is 0 Å². The fourth-order valence-corrected chi connectivity index (χ4v) is 8.60. The van der Waals surface area contributed by atoms with E-state index in [1.54, 1.807) is 0 Å². The summed E-state index contributed by atoms with van der Waals surface area (Å²) in [5.74, 6) is 0. The van der Waals surface area contributed by atoms with E-state index in [9.17, 15) is 0 Å². The van der Waals surface area contributed by atoms with E-state index in [-0.39, 0.29) is 0 Å². The summed E-state index contributed by atoms with van der Waals surface area (Å²) in [6.45, 7) is 0. The first-order chi connectivity index (χ1) is 23.8. The zero-order valence-corrected chi connectivity index (χ0v) is 26.9. The lowest BCUT2D eigenvalue weighted by molar-refractivity contribution is 1.19. The van der Waals surface area contributed by atoms with Crippen molar-refractivity contribution in [2.45, 2.75) is 0 Å². The van der Waals surface area contributed by atoms with Gasteiger partial charge in [-0.2, -0.15) is 0 Å². The van der Waals surface area contributed by atoms with Gasteiger partial charge in [0.15, 0.2) is 0 Å². The molecule has 0 N–H and O–H groups in total. The quantitative estimate of drug-likeness (QED) is 0.183. The van der Waals surface area contributed by atoms with E-state index in [0.717, 1.165) is 0 Å². The van der Waals surface area contributed by atoms with Crippen LogP contribution in [0.2, 0.25) is 0 Å². The number of hydrogen-bond acceptors (Lipinski definition) is 1. The van der Waals surface area contributed by atoms with Crippen LogP contribution < -0.4 is 0 Å². The number of thiophene rings is 1. The maximum atomic E-state index is 2.48. The second-order valence-electron chi connectivity index (χ2n) is 12.6. The van der Waals surface area contributed by atoms with E-state index >= 15 is 0 Å². The highest BCUT2D eigenvalue weighted by atomic mass is 32.1. The highest BCUT2D eigenvalue weighted by Gasteiger charge is 2.18. The van der Waals surface area contributed by atoms with Crippen LogP contribution in [-0.2, 0) is 0 Å². The SMILES string of the molecule is c1ccc(-c2cc(-c3ccccc3)cc(-c3ccc(-n4c5ccccc5c5ccc6sc7cc8ccccc8cc7c6c54)cc3)c2)cc1. The molecular weight excluding hydrogens is 599 g/mol. The molecule has 0 saturated carbocycles. The minimum absolute atomic E-state index is 1.17. The lowest BCUT2D eigenvalue weighted by Gasteiger charge is -2.13. The molecule has 0 aliphatic carbocycles. The van der Waals surface area contributed by atoms with Gasteiger partial charge in [-0.1, -0.05) is 121 Å². The largest absolute Gasteiger partial charge is 0.309 e. The summed E-state index contributed by atoms with van der Waals surface area (Å²) >= 11 is 1.89. The number of benzene rings is 8. The topological polar surface area (TPSA) is 4.93 Å². The Kier molecular flexibility index (Phi) is 6.12. The molecule has 0 fully saturated rings. The van der Waals surface area contributed by atoms with E-state index in [1.807, 2.05) is 11.3 Å². The Morgan fingerprint density at radius 1 is 0.354 bits per heavy atom. The molecule has 0 aliphatic heterocycles. The summed E-state index contributed by atoms with van der Waals surface area (Å²) < 4.78 is 5.13. The third-order valence-electron chi connectivity index (χ3n) is 9.74. The number of fused-ring (bicyclic) bond motifs is 8. The first-order valence-corrected chi connectivity index (χ1v) is 17.2. The second kappa shape index (κ2) is 10.8. The van der Waals surface area contributed by atoms with Gasteiger partial charge in [0.2, 0.25) is 0 Å². The highest BCUT2D eigenvalue weighted by Crippen LogP contribution is 2.44. The molecular formula is C46H29NS. The first kappa shape index (κ1) is 27.2. The third-order valence-corrected chi connectivity index (χ3v) is 10.9. The van der Waals surface area contributed by atoms with E-state index in [1.165, 1.54) is 91.8 Å². The molecule has 0 bridgehead atoms. The molecule has 224 valence electrons. The number of hydrogen-bond donors (Lipinski definition) is 0. The van der Waals surface area contributed by atoms with Crippen LogP contribution in [0.4, 0.5) is 0 Å². The zero-order chi connectivity index (χ0) is 31.6. The molecule has 10 aromatic rings. The molecule has 0 aliphatic rings. The molecule has 0 amide bonds. The van der Waals surface area contributed by atoms with E-state index < -0.39 is 0 Å². The molecule has 0 saturated heterocycles. The van der Waals surface area contributed by atoms with Crippen molar-refractivity contribution in [2.24, 2.45) is 0 Å². The first-order valence-electron chi connectivity index (χ1n) is 16.4. The average Bonchev–Trinajstić information content (AvgIpc) is 3.69. The maximum Gasteiger partial charge on any atom is 0.0634 e. The van der Waals surface area contributed by atoms with Gasteiger partial charge < -0.3 is 4.57 Å². The molecule has 0 unspecified atom stereocenters. The molecule has 0 atom stereocenters. The van der Waals surface area contributed by atoms with E-state index in [2.05, 4.69) is 180 Å². The molecule has 10 rings (SSSR count). The van der Waals surface area contributed by atoms with Crippen molar-refractivity contribution in [1.82, 2.24) is 4.57 Å². The van der Waals surface area contributed by atoms with Gasteiger partial charge in [-0.15, -0.1) is 11.3 Å².